The Kier molecular flexibility index (Phi) is 5.40. The fourth-order valence-corrected chi connectivity index (χ4v) is 0.568. The summed E-state index contributed by atoms with van der Waals surface area (Å²) in [4.78, 5) is 10.4. The second kappa shape index (κ2) is 5.30. The molecule has 0 rings (SSSR count). The van der Waals surface area contributed by atoms with Crippen LogP contribution in [0.3, 0.4) is 0 Å². The van der Waals surface area contributed by atoms with Crippen molar-refractivity contribution in [2.24, 2.45) is 0 Å². The van der Waals surface area contributed by atoms with Crippen LogP contribution in [-0.2, 0) is 28.4 Å². The molecule has 0 unspecified atom stereocenters. The van der Waals surface area contributed by atoms with Gasteiger partial charge in [0, 0.05) is 0 Å². The molecule has 0 aromatic rings. The van der Waals surface area contributed by atoms with Crippen molar-refractivity contribution in [3.8, 4) is 0 Å². The zero-order valence-corrected chi connectivity index (χ0v) is 6.85. The van der Waals surface area contributed by atoms with Gasteiger partial charge in [-0.3, -0.25) is 0 Å². The summed E-state index contributed by atoms with van der Waals surface area (Å²) in [6.45, 7) is 2.05. The van der Waals surface area contributed by atoms with Gasteiger partial charge >= 0.3 is 60.5 Å². The molecular weight excluding hydrogens is 188 g/mol. The first kappa shape index (κ1) is 8.16. The summed E-state index contributed by atoms with van der Waals surface area (Å²) in [5.41, 5.74) is 0. The van der Waals surface area contributed by atoms with Crippen LogP contribution in [0.25, 0.3) is 0 Å². The minimum atomic E-state index is -0.100. The van der Waals surface area contributed by atoms with Crippen molar-refractivity contribution in [3.63, 3.8) is 0 Å². The first-order chi connectivity index (χ1) is 3.81. The first-order valence-corrected chi connectivity index (χ1v) is 3.45. The van der Waals surface area contributed by atoms with Gasteiger partial charge in [0.15, 0.2) is 0 Å². The van der Waals surface area contributed by atoms with Crippen LogP contribution in [-0.4, -0.2) is 5.97 Å². The molecule has 47 valence electrons. The Hall–Kier alpha value is 0.158. The number of rotatable bonds is 3. The van der Waals surface area contributed by atoms with Crippen LogP contribution in [0.2, 0.25) is 0 Å². The van der Waals surface area contributed by atoms with Gasteiger partial charge in [0.25, 0.3) is 0 Å². The molecule has 0 aliphatic rings. The van der Waals surface area contributed by atoms with Gasteiger partial charge in [0.2, 0.25) is 0 Å². The Morgan fingerprint density at radius 3 is 2.75 bits per heavy atom. The Morgan fingerprint density at radius 1 is 1.75 bits per heavy atom. The molecule has 0 aliphatic heterocycles. The Balaban J connectivity index is 2.99. The van der Waals surface area contributed by atoms with E-state index in [-0.39, 0.29) is 5.97 Å². The molecule has 3 heteroatoms. The van der Waals surface area contributed by atoms with Crippen molar-refractivity contribution in [2.45, 2.75) is 26.2 Å². The molecule has 0 aliphatic carbocycles. The molecule has 0 atom stereocenters. The number of hydrogen-bond donors (Lipinski definition) is 0. The van der Waals surface area contributed by atoms with Crippen LogP contribution in [0, 0.1) is 0 Å². The Morgan fingerprint density at radius 2 is 2.38 bits per heavy atom. The fourth-order valence-electron chi connectivity index (χ4n) is 0.363. The van der Waals surface area contributed by atoms with Crippen LogP contribution < -0.4 is 0 Å². The van der Waals surface area contributed by atoms with Gasteiger partial charge in [0.1, 0.15) is 0 Å². The van der Waals surface area contributed by atoms with E-state index in [9.17, 15) is 4.79 Å². The molecule has 0 radical (unpaired) electrons. The summed E-state index contributed by atoms with van der Waals surface area (Å²) in [7, 11) is 0. The summed E-state index contributed by atoms with van der Waals surface area (Å²) in [6, 6.07) is 0. The maximum absolute atomic E-state index is 10.4. The van der Waals surface area contributed by atoms with Crippen LogP contribution in [0.5, 0.6) is 0 Å². The van der Waals surface area contributed by atoms with E-state index in [0.717, 1.165) is 12.8 Å². The van der Waals surface area contributed by atoms with Gasteiger partial charge in [-0.2, -0.15) is 0 Å². The standard InChI is InChI=1S/C5H10O2.Mo/c1-2-3-4-5(6)7;/h2-4H2,1H3,(H,6,7);/q;+1/p-1. The summed E-state index contributed by atoms with van der Waals surface area (Å²) < 4.78 is 4.42. The first-order valence-electron chi connectivity index (χ1n) is 2.64. The van der Waals surface area contributed by atoms with Gasteiger partial charge in [0.05, 0.1) is 0 Å². The molecule has 0 saturated carbocycles. The molecule has 0 aromatic heterocycles. The topological polar surface area (TPSA) is 26.3 Å². The number of unbranched alkanes of at least 4 members (excludes halogenated alkanes) is 1. The third-order valence-corrected chi connectivity index (χ3v) is 1.28. The van der Waals surface area contributed by atoms with Crippen molar-refractivity contribution in [3.05, 3.63) is 0 Å². The van der Waals surface area contributed by atoms with Crippen LogP contribution in [0.4, 0.5) is 0 Å². The number of carbonyl (C=O) groups is 1. The van der Waals surface area contributed by atoms with E-state index in [4.69, 9.17) is 0 Å². The number of hydrogen-bond acceptors (Lipinski definition) is 2. The molecule has 8 heavy (non-hydrogen) atoms. The van der Waals surface area contributed by atoms with Gasteiger partial charge in [-0.1, -0.05) is 0 Å². The average Bonchev–Trinajstić information content (AvgIpc) is 1.83. The van der Waals surface area contributed by atoms with Gasteiger partial charge < -0.3 is 0 Å². The molecule has 0 N–H and O–H groups in total. The third-order valence-electron chi connectivity index (χ3n) is 0.827. The zero-order valence-electron chi connectivity index (χ0n) is 4.85. The summed E-state index contributed by atoms with van der Waals surface area (Å²) in [5, 5.41) is 0. The van der Waals surface area contributed by atoms with Crippen molar-refractivity contribution < 1.29 is 28.4 Å². The van der Waals surface area contributed by atoms with E-state index in [0.29, 0.717) is 6.42 Å². The summed E-state index contributed by atoms with van der Waals surface area (Å²) >= 11 is 1.35. The monoisotopic (exact) mass is 199 g/mol. The van der Waals surface area contributed by atoms with Crippen LogP contribution in [0.1, 0.15) is 26.2 Å². The van der Waals surface area contributed by atoms with Crippen molar-refractivity contribution in [2.75, 3.05) is 0 Å². The molecule has 0 aromatic carbocycles. The second-order valence-electron chi connectivity index (χ2n) is 1.56. The van der Waals surface area contributed by atoms with Gasteiger partial charge in [-0.15, -0.1) is 0 Å². The van der Waals surface area contributed by atoms with Crippen LogP contribution >= 0.6 is 0 Å². The number of carbonyl (C=O) groups excluding carboxylic acids is 1. The second-order valence-corrected chi connectivity index (χ2v) is 1.97. The van der Waals surface area contributed by atoms with Crippen molar-refractivity contribution in [1.29, 1.82) is 0 Å². The van der Waals surface area contributed by atoms with E-state index >= 15 is 0 Å². The molecule has 0 amide bonds. The molecule has 0 saturated heterocycles. The Labute approximate surface area is 61.0 Å². The van der Waals surface area contributed by atoms with E-state index in [1.165, 1.54) is 20.2 Å². The molecule has 0 bridgehead atoms. The van der Waals surface area contributed by atoms with Crippen molar-refractivity contribution in [1.82, 2.24) is 0 Å². The molecule has 0 heterocycles. The molecule has 0 fully saturated rings. The average molecular weight is 197 g/mol. The van der Waals surface area contributed by atoms with Gasteiger partial charge in [-0.05, 0) is 0 Å². The fraction of sp³-hybridized carbons (Fsp3) is 0.800. The van der Waals surface area contributed by atoms with Crippen molar-refractivity contribution >= 4 is 5.97 Å². The van der Waals surface area contributed by atoms with E-state index in [1.807, 2.05) is 6.92 Å². The summed E-state index contributed by atoms with van der Waals surface area (Å²) in [6.07, 6.45) is 2.56. The van der Waals surface area contributed by atoms with E-state index < -0.39 is 0 Å². The SMILES string of the molecule is CCCCC(=O)[O][Mo]. The predicted molar refractivity (Wildman–Crippen MR) is 25.6 cm³/mol. The normalized spacial score (nSPS) is 8.62. The molecule has 0 spiro atoms. The third kappa shape index (κ3) is 4.32. The van der Waals surface area contributed by atoms with Crippen LogP contribution in [0.15, 0.2) is 0 Å². The zero-order chi connectivity index (χ0) is 6.41. The predicted octanol–water partition coefficient (Wildman–Crippen LogP) is 1.18. The van der Waals surface area contributed by atoms with E-state index in [2.05, 4.69) is 3.39 Å². The quantitative estimate of drug-likeness (QED) is 0.635. The van der Waals surface area contributed by atoms with Gasteiger partial charge in [-0.25, -0.2) is 0 Å². The Bertz CT molecular complexity index is 72.8. The molecular formula is C5H9MoO2. The van der Waals surface area contributed by atoms with E-state index in [1.54, 1.807) is 0 Å². The molecule has 2 nitrogen and oxygen atoms in total. The maximum atomic E-state index is 10.4. The summed E-state index contributed by atoms with van der Waals surface area (Å²) in [5.74, 6) is -0.100. The minimum absolute atomic E-state index is 0.100.